The van der Waals surface area contributed by atoms with E-state index in [0.717, 1.165) is 23.8 Å². The maximum Gasteiger partial charge on any atom is 0.224 e. The van der Waals surface area contributed by atoms with Crippen LogP contribution < -0.4 is 10.6 Å². The molecular weight excluding hydrogens is 278 g/mol. The first-order chi connectivity index (χ1) is 10.8. The molecule has 3 N–H and O–H groups in total. The van der Waals surface area contributed by atoms with Gasteiger partial charge in [-0.15, -0.1) is 0 Å². The molecule has 3 rings (SSSR count). The summed E-state index contributed by atoms with van der Waals surface area (Å²) >= 11 is 0. The van der Waals surface area contributed by atoms with Crippen molar-refractivity contribution >= 4 is 11.8 Å². The predicted molar refractivity (Wildman–Crippen MR) is 85.3 cm³/mol. The van der Waals surface area contributed by atoms with E-state index in [1.54, 1.807) is 6.20 Å². The Bertz CT molecular complexity index is 724. The Balaban J connectivity index is 1.65. The summed E-state index contributed by atoms with van der Waals surface area (Å²) in [6.45, 7) is 3.32. The molecule has 0 saturated heterocycles. The third kappa shape index (κ3) is 3.38. The SMILES string of the molecule is CCNc1ccnc(NCc2nc(-c3ccccc3)n[nH]2)n1. The van der Waals surface area contributed by atoms with Gasteiger partial charge in [0, 0.05) is 18.3 Å². The predicted octanol–water partition coefficient (Wildman–Crippen LogP) is 2.31. The number of hydrogen-bond acceptors (Lipinski definition) is 6. The van der Waals surface area contributed by atoms with Crippen molar-refractivity contribution < 1.29 is 0 Å². The van der Waals surface area contributed by atoms with Gasteiger partial charge in [-0.1, -0.05) is 30.3 Å². The summed E-state index contributed by atoms with van der Waals surface area (Å²) < 4.78 is 0. The molecule has 3 aromatic rings. The van der Waals surface area contributed by atoms with Gasteiger partial charge in [-0.3, -0.25) is 5.10 Å². The van der Waals surface area contributed by atoms with Crippen molar-refractivity contribution in [3.63, 3.8) is 0 Å². The number of aromatic nitrogens is 5. The van der Waals surface area contributed by atoms with E-state index in [-0.39, 0.29) is 0 Å². The second-order valence-corrected chi connectivity index (χ2v) is 4.62. The summed E-state index contributed by atoms with van der Waals surface area (Å²) in [6.07, 6.45) is 1.71. The van der Waals surface area contributed by atoms with Gasteiger partial charge in [0.25, 0.3) is 0 Å². The van der Waals surface area contributed by atoms with Crippen molar-refractivity contribution in [3.05, 3.63) is 48.4 Å². The molecule has 0 aliphatic heterocycles. The zero-order valence-corrected chi connectivity index (χ0v) is 12.2. The second kappa shape index (κ2) is 6.66. The molecule has 0 aliphatic carbocycles. The van der Waals surface area contributed by atoms with Crippen LogP contribution in [-0.2, 0) is 6.54 Å². The first kappa shape index (κ1) is 14.0. The van der Waals surface area contributed by atoms with Gasteiger partial charge in [0.2, 0.25) is 5.95 Å². The summed E-state index contributed by atoms with van der Waals surface area (Å²) in [6, 6.07) is 11.7. The number of anilines is 2. The van der Waals surface area contributed by atoms with Crippen LogP contribution in [-0.4, -0.2) is 31.7 Å². The normalized spacial score (nSPS) is 10.4. The molecule has 0 aliphatic rings. The molecule has 2 heterocycles. The molecule has 7 heteroatoms. The van der Waals surface area contributed by atoms with Gasteiger partial charge in [-0.05, 0) is 13.0 Å². The lowest BCUT2D eigenvalue weighted by molar-refractivity contribution is 0.935. The molecule has 2 aromatic heterocycles. The first-order valence-corrected chi connectivity index (χ1v) is 7.12. The molecule has 0 amide bonds. The van der Waals surface area contributed by atoms with E-state index in [4.69, 9.17) is 0 Å². The number of nitrogens with one attached hydrogen (secondary N) is 3. The van der Waals surface area contributed by atoms with Crippen LogP contribution in [0, 0.1) is 0 Å². The van der Waals surface area contributed by atoms with E-state index >= 15 is 0 Å². The molecule has 0 bridgehead atoms. The highest BCUT2D eigenvalue weighted by Crippen LogP contribution is 2.13. The molecule has 0 unspecified atom stereocenters. The van der Waals surface area contributed by atoms with E-state index in [0.29, 0.717) is 18.3 Å². The fourth-order valence-electron chi connectivity index (χ4n) is 1.98. The van der Waals surface area contributed by atoms with Crippen molar-refractivity contribution in [2.75, 3.05) is 17.2 Å². The van der Waals surface area contributed by atoms with Gasteiger partial charge < -0.3 is 10.6 Å². The largest absolute Gasteiger partial charge is 0.370 e. The van der Waals surface area contributed by atoms with Crippen LogP contribution in [0.1, 0.15) is 12.7 Å². The Morgan fingerprint density at radius 3 is 2.73 bits per heavy atom. The molecule has 0 fully saturated rings. The van der Waals surface area contributed by atoms with Crippen molar-refractivity contribution in [2.24, 2.45) is 0 Å². The van der Waals surface area contributed by atoms with Crippen molar-refractivity contribution in [1.29, 1.82) is 0 Å². The van der Waals surface area contributed by atoms with Crippen LogP contribution in [0.5, 0.6) is 0 Å². The van der Waals surface area contributed by atoms with Gasteiger partial charge in [0.15, 0.2) is 5.82 Å². The average Bonchev–Trinajstić information content (AvgIpc) is 3.04. The fourth-order valence-corrected chi connectivity index (χ4v) is 1.98. The molecule has 0 radical (unpaired) electrons. The number of H-pyrrole nitrogens is 1. The summed E-state index contributed by atoms with van der Waals surface area (Å²) in [7, 11) is 0. The average molecular weight is 295 g/mol. The monoisotopic (exact) mass is 295 g/mol. The molecule has 0 spiro atoms. The van der Waals surface area contributed by atoms with Crippen LogP contribution in [0.2, 0.25) is 0 Å². The van der Waals surface area contributed by atoms with E-state index in [1.165, 1.54) is 0 Å². The minimum absolute atomic E-state index is 0.482. The molecule has 0 atom stereocenters. The smallest absolute Gasteiger partial charge is 0.224 e. The van der Waals surface area contributed by atoms with E-state index < -0.39 is 0 Å². The summed E-state index contributed by atoms with van der Waals surface area (Å²) in [5.41, 5.74) is 0.982. The minimum atomic E-state index is 0.482. The minimum Gasteiger partial charge on any atom is -0.370 e. The van der Waals surface area contributed by atoms with Crippen LogP contribution in [0.15, 0.2) is 42.6 Å². The fraction of sp³-hybridized carbons (Fsp3) is 0.200. The Kier molecular flexibility index (Phi) is 4.24. The van der Waals surface area contributed by atoms with E-state index in [1.807, 2.05) is 43.3 Å². The molecule has 7 nitrogen and oxygen atoms in total. The van der Waals surface area contributed by atoms with Crippen LogP contribution in [0.25, 0.3) is 11.4 Å². The number of nitrogens with zero attached hydrogens (tertiary/aromatic N) is 4. The van der Waals surface area contributed by atoms with E-state index in [9.17, 15) is 0 Å². The van der Waals surface area contributed by atoms with Gasteiger partial charge in [-0.25, -0.2) is 9.97 Å². The van der Waals surface area contributed by atoms with Gasteiger partial charge in [-0.2, -0.15) is 10.1 Å². The van der Waals surface area contributed by atoms with Crippen molar-refractivity contribution in [1.82, 2.24) is 25.1 Å². The van der Waals surface area contributed by atoms with E-state index in [2.05, 4.69) is 35.8 Å². The maximum absolute atomic E-state index is 4.45. The Morgan fingerprint density at radius 1 is 1.05 bits per heavy atom. The van der Waals surface area contributed by atoms with Gasteiger partial charge in [0.05, 0.1) is 6.54 Å². The molecule has 1 aromatic carbocycles. The number of hydrogen-bond donors (Lipinski definition) is 3. The summed E-state index contributed by atoms with van der Waals surface area (Å²) in [4.78, 5) is 13.0. The third-order valence-corrected chi connectivity index (χ3v) is 2.99. The lowest BCUT2D eigenvalue weighted by atomic mass is 10.2. The highest BCUT2D eigenvalue weighted by atomic mass is 15.2. The summed E-state index contributed by atoms with van der Waals surface area (Å²) in [5, 5.41) is 13.4. The Labute approximate surface area is 128 Å². The second-order valence-electron chi connectivity index (χ2n) is 4.62. The highest BCUT2D eigenvalue weighted by Gasteiger charge is 2.06. The quantitative estimate of drug-likeness (QED) is 0.646. The zero-order valence-electron chi connectivity index (χ0n) is 12.2. The first-order valence-electron chi connectivity index (χ1n) is 7.12. The van der Waals surface area contributed by atoms with Crippen molar-refractivity contribution in [3.8, 4) is 11.4 Å². The lowest BCUT2D eigenvalue weighted by Gasteiger charge is -2.05. The Morgan fingerprint density at radius 2 is 1.91 bits per heavy atom. The topological polar surface area (TPSA) is 91.4 Å². The molecule has 22 heavy (non-hydrogen) atoms. The Hall–Kier alpha value is -2.96. The number of rotatable bonds is 6. The van der Waals surface area contributed by atoms with Crippen LogP contribution in [0.4, 0.5) is 11.8 Å². The van der Waals surface area contributed by atoms with Gasteiger partial charge >= 0.3 is 0 Å². The molecule has 0 saturated carbocycles. The van der Waals surface area contributed by atoms with Crippen molar-refractivity contribution in [2.45, 2.75) is 13.5 Å². The molecular formula is C15H17N7. The maximum atomic E-state index is 4.45. The number of aromatic amines is 1. The highest BCUT2D eigenvalue weighted by molar-refractivity contribution is 5.53. The van der Waals surface area contributed by atoms with Crippen LogP contribution >= 0.6 is 0 Å². The van der Waals surface area contributed by atoms with Gasteiger partial charge in [0.1, 0.15) is 11.6 Å². The van der Waals surface area contributed by atoms with Crippen LogP contribution in [0.3, 0.4) is 0 Å². The third-order valence-electron chi connectivity index (χ3n) is 2.99. The standard InChI is InChI=1S/C15H17N7/c1-2-16-12-8-9-17-15(20-12)18-10-13-19-14(22-21-13)11-6-4-3-5-7-11/h3-9H,2,10H2,1H3,(H,19,21,22)(H2,16,17,18,20). The lowest BCUT2D eigenvalue weighted by Crippen LogP contribution is -2.07. The summed E-state index contributed by atoms with van der Waals surface area (Å²) in [5.74, 6) is 2.76. The molecule has 112 valence electrons. The number of benzene rings is 1. The zero-order chi connectivity index (χ0) is 15.2.